The van der Waals surface area contributed by atoms with E-state index in [0.29, 0.717) is 36.7 Å². The van der Waals surface area contributed by atoms with Gasteiger partial charge >= 0.3 is 0 Å². The second kappa shape index (κ2) is 7.25. The number of anilines is 1. The van der Waals surface area contributed by atoms with Gasteiger partial charge in [0.2, 0.25) is 0 Å². The van der Waals surface area contributed by atoms with Crippen molar-refractivity contribution >= 4 is 11.5 Å². The van der Waals surface area contributed by atoms with Crippen molar-refractivity contribution in [3.05, 3.63) is 60.2 Å². The highest BCUT2D eigenvalue weighted by atomic mass is 19.1. The van der Waals surface area contributed by atoms with Gasteiger partial charge in [-0.05, 0) is 36.8 Å². The van der Waals surface area contributed by atoms with E-state index < -0.39 is 0 Å². The van der Waals surface area contributed by atoms with Crippen molar-refractivity contribution < 1.29 is 9.13 Å². The number of fused-ring (bicyclic) bond motifs is 1. The molecule has 1 atom stereocenters. The van der Waals surface area contributed by atoms with E-state index in [1.807, 2.05) is 36.1 Å². The number of aromatic nitrogens is 6. The third-order valence-electron chi connectivity index (χ3n) is 4.98. The molecule has 29 heavy (non-hydrogen) atoms. The molecule has 1 saturated heterocycles. The summed E-state index contributed by atoms with van der Waals surface area (Å²) >= 11 is 0. The van der Waals surface area contributed by atoms with Gasteiger partial charge in [0.25, 0.3) is 0 Å². The molecule has 3 aromatic heterocycles. The standard InChI is InChI=1S/C20H20FN7O/c1-14-10-22-27(11-14)13-15-12-26(8-9-29-15)19-7-6-18-23-24-20(28(18)25-19)16-4-2-3-5-17(16)21/h2-7,10-11,15H,8-9,12-13H2,1H3. The Labute approximate surface area is 166 Å². The minimum atomic E-state index is -0.352. The summed E-state index contributed by atoms with van der Waals surface area (Å²) in [5.74, 6) is 0.812. The summed E-state index contributed by atoms with van der Waals surface area (Å²) in [6.45, 7) is 4.72. The van der Waals surface area contributed by atoms with E-state index >= 15 is 0 Å². The maximum Gasteiger partial charge on any atom is 0.188 e. The second-order valence-electron chi connectivity index (χ2n) is 7.14. The summed E-state index contributed by atoms with van der Waals surface area (Å²) in [4.78, 5) is 2.16. The van der Waals surface area contributed by atoms with Gasteiger partial charge in [-0.15, -0.1) is 15.3 Å². The molecule has 0 radical (unpaired) electrons. The van der Waals surface area contributed by atoms with Crippen LogP contribution in [0.15, 0.2) is 48.8 Å². The molecule has 0 aliphatic carbocycles. The third kappa shape index (κ3) is 3.44. The van der Waals surface area contributed by atoms with Gasteiger partial charge in [0.15, 0.2) is 11.5 Å². The van der Waals surface area contributed by atoms with Gasteiger partial charge < -0.3 is 9.64 Å². The van der Waals surface area contributed by atoms with Gasteiger partial charge in [-0.3, -0.25) is 4.68 Å². The fourth-order valence-electron chi connectivity index (χ4n) is 3.57. The van der Waals surface area contributed by atoms with E-state index in [0.717, 1.165) is 17.9 Å². The molecule has 1 fully saturated rings. The van der Waals surface area contributed by atoms with E-state index in [9.17, 15) is 4.39 Å². The fraction of sp³-hybridized carbons (Fsp3) is 0.300. The summed E-state index contributed by atoms with van der Waals surface area (Å²) in [5, 5.41) is 17.3. The van der Waals surface area contributed by atoms with Crippen LogP contribution in [-0.2, 0) is 11.3 Å². The van der Waals surface area contributed by atoms with Crippen LogP contribution in [0.5, 0.6) is 0 Å². The zero-order valence-electron chi connectivity index (χ0n) is 15.9. The Bertz CT molecular complexity index is 1150. The molecule has 0 amide bonds. The van der Waals surface area contributed by atoms with E-state index in [1.54, 1.807) is 22.7 Å². The lowest BCUT2D eigenvalue weighted by Crippen LogP contribution is -2.44. The van der Waals surface area contributed by atoms with Crippen LogP contribution in [-0.4, -0.2) is 55.4 Å². The Kier molecular flexibility index (Phi) is 4.44. The van der Waals surface area contributed by atoms with Crippen molar-refractivity contribution in [2.75, 3.05) is 24.6 Å². The first-order chi connectivity index (χ1) is 14.2. The molecule has 1 unspecified atom stereocenters. The molecule has 0 N–H and O–H groups in total. The van der Waals surface area contributed by atoms with Crippen LogP contribution in [0.4, 0.5) is 10.2 Å². The van der Waals surface area contributed by atoms with Crippen molar-refractivity contribution in [2.24, 2.45) is 0 Å². The molecule has 9 heteroatoms. The third-order valence-corrected chi connectivity index (χ3v) is 4.98. The number of benzene rings is 1. The molecule has 1 aliphatic heterocycles. The number of hydrogen-bond acceptors (Lipinski definition) is 6. The molecular formula is C20H20FN7O. The number of hydrogen-bond donors (Lipinski definition) is 0. The molecule has 0 saturated carbocycles. The van der Waals surface area contributed by atoms with Crippen molar-refractivity contribution in [3.8, 4) is 11.4 Å². The molecule has 4 heterocycles. The predicted molar refractivity (Wildman–Crippen MR) is 105 cm³/mol. The quantitative estimate of drug-likeness (QED) is 0.530. The maximum atomic E-state index is 14.3. The van der Waals surface area contributed by atoms with Crippen molar-refractivity contribution in [1.29, 1.82) is 0 Å². The van der Waals surface area contributed by atoms with E-state index in [2.05, 4.69) is 20.2 Å². The topological polar surface area (TPSA) is 73.4 Å². The number of ether oxygens (including phenoxy) is 1. The molecular weight excluding hydrogens is 373 g/mol. The first-order valence-electron chi connectivity index (χ1n) is 9.50. The molecule has 5 rings (SSSR count). The minimum Gasteiger partial charge on any atom is -0.373 e. The Balaban J connectivity index is 1.42. The maximum absolute atomic E-state index is 14.3. The van der Waals surface area contributed by atoms with Gasteiger partial charge in [-0.1, -0.05) is 12.1 Å². The van der Waals surface area contributed by atoms with E-state index in [1.165, 1.54) is 6.07 Å². The molecule has 4 aromatic rings. The van der Waals surface area contributed by atoms with Gasteiger partial charge in [-0.25, -0.2) is 4.39 Å². The molecule has 0 bridgehead atoms. The average molecular weight is 393 g/mol. The largest absolute Gasteiger partial charge is 0.373 e. The van der Waals surface area contributed by atoms with Crippen LogP contribution in [0.2, 0.25) is 0 Å². The SMILES string of the molecule is Cc1cnn(CC2CN(c3ccc4nnc(-c5ccccc5F)n4n3)CCO2)c1. The summed E-state index contributed by atoms with van der Waals surface area (Å²) in [5.41, 5.74) is 2.07. The fourth-order valence-corrected chi connectivity index (χ4v) is 3.57. The van der Waals surface area contributed by atoms with Gasteiger partial charge in [0.1, 0.15) is 11.6 Å². The van der Waals surface area contributed by atoms with Crippen LogP contribution in [0.3, 0.4) is 0 Å². The zero-order chi connectivity index (χ0) is 19.8. The van der Waals surface area contributed by atoms with Gasteiger partial charge in [0, 0.05) is 19.3 Å². The first kappa shape index (κ1) is 17.7. The molecule has 1 aliphatic rings. The minimum absolute atomic E-state index is 0.00694. The van der Waals surface area contributed by atoms with Crippen LogP contribution in [0, 0.1) is 12.7 Å². The van der Waals surface area contributed by atoms with Crippen molar-refractivity contribution in [1.82, 2.24) is 29.6 Å². The first-order valence-corrected chi connectivity index (χ1v) is 9.50. The number of aryl methyl sites for hydroxylation is 1. The highest BCUT2D eigenvalue weighted by Crippen LogP contribution is 2.23. The smallest absolute Gasteiger partial charge is 0.188 e. The van der Waals surface area contributed by atoms with Crippen molar-refractivity contribution in [2.45, 2.75) is 19.6 Å². The highest BCUT2D eigenvalue weighted by Gasteiger charge is 2.23. The van der Waals surface area contributed by atoms with Crippen LogP contribution in [0.1, 0.15) is 5.56 Å². The van der Waals surface area contributed by atoms with Crippen LogP contribution < -0.4 is 4.90 Å². The summed E-state index contributed by atoms with van der Waals surface area (Å²) in [7, 11) is 0. The molecule has 0 spiro atoms. The molecule has 148 valence electrons. The van der Waals surface area contributed by atoms with Crippen LogP contribution in [0.25, 0.3) is 17.0 Å². The number of halogens is 1. The normalized spacial score (nSPS) is 17.2. The molecule has 8 nitrogen and oxygen atoms in total. The zero-order valence-corrected chi connectivity index (χ0v) is 15.9. The number of nitrogens with zero attached hydrogens (tertiary/aromatic N) is 7. The second-order valence-corrected chi connectivity index (χ2v) is 7.14. The summed E-state index contributed by atoms with van der Waals surface area (Å²) < 4.78 is 23.7. The monoisotopic (exact) mass is 393 g/mol. The number of rotatable bonds is 4. The van der Waals surface area contributed by atoms with E-state index in [4.69, 9.17) is 9.84 Å². The lowest BCUT2D eigenvalue weighted by molar-refractivity contribution is 0.0271. The average Bonchev–Trinajstić information content (AvgIpc) is 3.34. The van der Waals surface area contributed by atoms with E-state index in [-0.39, 0.29) is 11.9 Å². The predicted octanol–water partition coefficient (Wildman–Crippen LogP) is 2.34. The van der Waals surface area contributed by atoms with Gasteiger partial charge in [-0.2, -0.15) is 9.61 Å². The lowest BCUT2D eigenvalue weighted by Gasteiger charge is -2.33. The van der Waals surface area contributed by atoms with Crippen molar-refractivity contribution in [3.63, 3.8) is 0 Å². The Hall–Kier alpha value is -3.33. The Morgan fingerprint density at radius 1 is 1.17 bits per heavy atom. The lowest BCUT2D eigenvalue weighted by atomic mass is 10.2. The van der Waals surface area contributed by atoms with Crippen LogP contribution >= 0.6 is 0 Å². The summed E-state index contributed by atoms with van der Waals surface area (Å²) in [6.07, 6.45) is 3.85. The highest BCUT2D eigenvalue weighted by molar-refractivity contribution is 5.60. The number of morpholine rings is 1. The summed E-state index contributed by atoms with van der Waals surface area (Å²) in [6, 6.07) is 10.3. The Morgan fingerprint density at radius 2 is 2.07 bits per heavy atom. The van der Waals surface area contributed by atoms with Gasteiger partial charge in [0.05, 0.1) is 31.0 Å². The molecule has 1 aromatic carbocycles. The Morgan fingerprint density at radius 3 is 2.90 bits per heavy atom.